The van der Waals surface area contributed by atoms with Crippen LogP contribution in [0.15, 0.2) is 24.3 Å². The topological polar surface area (TPSA) is 65.4 Å². The van der Waals surface area contributed by atoms with E-state index in [0.717, 1.165) is 11.4 Å². The van der Waals surface area contributed by atoms with Crippen molar-refractivity contribution in [2.24, 2.45) is 5.92 Å². The maximum atomic E-state index is 12.4. The Hall–Kier alpha value is -2.64. The predicted molar refractivity (Wildman–Crippen MR) is 92.8 cm³/mol. The Bertz CT molecular complexity index is 762. The van der Waals surface area contributed by atoms with Crippen LogP contribution in [0.25, 0.3) is 0 Å². The molecule has 1 N–H and O–H groups in total. The van der Waals surface area contributed by atoms with Gasteiger partial charge >= 0.3 is 6.61 Å². The monoisotopic (exact) mass is 367 g/mol. The molecule has 8 heteroatoms. The van der Waals surface area contributed by atoms with Gasteiger partial charge in [0, 0.05) is 24.3 Å². The van der Waals surface area contributed by atoms with Gasteiger partial charge < -0.3 is 14.8 Å². The molecule has 0 aliphatic heterocycles. The summed E-state index contributed by atoms with van der Waals surface area (Å²) in [5.74, 6) is -0.182. The molecule has 0 aliphatic carbocycles. The van der Waals surface area contributed by atoms with Gasteiger partial charge in [0.1, 0.15) is 0 Å². The van der Waals surface area contributed by atoms with Crippen molar-refractivity contribution in [2.45, 2.75) is 33.9 Å². The van der Waals surface area contributed by atoms with Gasteiger partial charge in [-0.3, -0.25) is 9.48 Å². The number of alkyl halides is 2. The minimum absolute atomic E-state index is 0.0774. The van der Waals surface area contributed by atoms with Crippen molar-refractivity contribution < 1.29 is 23.0 Å². The van der Waals surface area contributed by atoms with Crippen molar-refractivity contribution in [3.63, 3.8) is 0 Å². The van der Waals surface area contributed by atoms with E-state index in [4.69, 9.17) is 4.74 Å². The van der Waals surface area contributed by atoms with Crippen molar-refractivity contribution in [3.8, 4) is 11.5 Å². The summed E-state index contributed by atoms with van der Waals surface area (Å²) in [4.78, 5) is 12.3. The first-order chi connectivity index (χ1) is 12.3. The number of halogens is 2. The Morgan fingerprint density at radius 1 is 1.27 bits per heavy atom. The van der Waals surface area contributed by atoms with E-state index in [1.54, 1.807) is 0 Å². The van der Waals surface area contributed by atoms with Gasteiger partial charge in [0.15, 0.2) is 11.5 Å². The van der Waals surface area contributed by atoms with Crippen molar-refractivity contribution in [1.29, 1.82) is 0 Å². The molecule has 0 spiro atoms. The first-order valence-corrected chi connectivity index (χ1v) is 8.22. The van der Waals surface area contributed by atoms with Crippen LogP contribution in [-0.4, -0.2) is 36.0 Å². The highest BCUT2D eigenvalue weighted by Gasteiger charge is 2.15. The molecule has 1 aromatic carbocycles. The molecule has 1 aromatic heterocycles. The number of rotatable bonds is 8. The second-order valence-corrected chi connectivity index (χ2v) is 6.17. The van der Waals surface area contributed by atoms with Crippen LogP contribution in [0.3, 0.4) is 0 Å². The standard InChI is InChI=1S/C18H23F2N3O3/c1-11(10-23-13(3)7-12(2)22-23)9-21-17(24)14-5-6-15(26-18(19)20)16(8-14)25-4/h5-8,11,18H,9-10H2,1-4H3,(H,21,24)/t11-/m0/s1. The molecule has 0 fully saturated rings. The summed E-state index contributed by atoms with van der Waals surface area (Å²) < 4.78 is 36.0. The summed E-state index contributed by atoms with van der Waals surface area (Å²) in [5.41, 5.74) is 2.33. The van der Waals surface area contributed by atoms with Gasteiger partial charge in [0.2, 0.25) is 0 Å². The third-order valence-corrected chi connectivity index (χ3v) is 3.84. The average molecular weight is 367 g/mol. The Morgan fingerprint density at radius 3 is 2.58 bits per heavy atom. The fraction of sp³-hybridized carbons (Fsp3) is 0.444. The number of hydrogen-bond donors (Lipinski definition) is 1. The first-order valence-electron chi connectivity index (χ1n) is 8.22. The molecule has 0 radical (unpaired) electrons. The Kier molecular flexibility index (Phi) is 6.54. The van der Waals surface area contributed by atoms with E-state index in [1.165, 1.54) is 25.3 Å². The van der Waals surface area contributed by atoms with Crippen LogP contribution in [0.4, 0.5) is 8.78 Å². The molecule has 1 amide bonds. The van der Waals surface area contributed by atoms with E-state index in [-0.39, 0.29) is 23.3 Å². The number of methoxy groups -OCH3 is 1. The van der Waals surface area contributed by atoms with Crippen LogP contribution in [-0.2, 0) is 6.54 Å². The summed E-state index contributed by atoms with van der Waals surface area (Å²) in [6.07, 6.45) is 0. The van der Waals surface area contributed by atoms with Crippen molar-refractivity contribution >= 4 is 5.91 Å². The minimum Gasteiger partial charge on any atom is -0.493 e. The van der Waals surface area contributed by atoms with Crippen molar-refractivity contribution in [1.82, 2.24) is 15.1 Å². The smallest absolute Gasteiger partial charge is 0.387 e. The van der Waals surface area contributed by atoms with E-state index in [2.05, 4.69) is 15.2 Å². The normalized spacial score (nSPS) is 12.1. The molecule has 1 atom stereocenters. The summed E-state index contributed by atoms with van der Waals surface area (Å²) >= 11 is 0. The fourth-order valence-electron chi connectivity index (χ4n) is 2.59. The molecule has 2 aromatic rings. The van der Waals surface area contributed by atoms with Crippen LogP contribution in [0.1, 0.15) is 28.7 Å². The number of nitrogens with one attached hydrogen (secondary N) is 1. The summed E-state index contributed by atoms with van der Waals surface area (Å²) in [7, 11) is 1.33. The maximum absolute atomic E-state index is 12.4. The van der Waals surface area contributed by atoms with Gasteiger partial charge in [-0.1, -0.05) is 6.92 Å². The molecule has 0 aliphatic rings. The molecular weight excluding hydrogens is 344 g/mol. The number of amides is 1. The number of benzene rings is 1. The van der Waals surface area contributed by atoms with E-state index in [9.17, 15) is 13.6 Å². The lowest BCUT2D eigenvalue weighted by Crippen LogP contribution is -2.30. The van der Waals surface area contributed by atoms with Gasteiger partial charge in [0.25, 0.3) is 5.91 Å². The van der Waals surface area contributed by atoms with Crippen molar-refractivity contribution in [3.05, 3.63) is 41.2 Å². The SMILES string of the molecule is COc1cc(C(=O)NC[C@H](C)Cn2nc(C)cc2C)ccc1OC(F)F. The molecule has 142 valence electrons. The van der Waals surface area contributed by atoms with E-state index >= 15 is 0 Å². The zero-order valence-corrected chi connectivity index (χ0v) is 15.3. The second-order valence-electron chi connectivity index (χ2n) is 6.17. The highest BCUT2D eigenvalue weighted by molar-refractivity contribution is 5.94. The maximum Gasteiger partial charge on any atom is 0.387 e. The highest BCUT2D eigenvalue weighted by Crippen LogP contribution is 2.29. The Balaban J connectivity index is 1.95. The zero-order valence-electron chi connectivity index (χ0n) is 15.3. The lowest BCUT2D eigenvalue weighted by Gasteiger charge is -2.15. The average Bonchev–Trinajstić information content (AvgIpc) is 2.89. The molecule has 26 heavy (non-hydrogen) atoms. The molecule has 0 unspecified atom stereocenters. The molecular formula is C18H23F2N3O3. The second kappa shape index (κ2) is 8.64. The lowest BCUT2D eigenvalue weighted by atomic mass is 10.1. The summed E-state index contributed by atoms with van der Waals surface area (Å²) in [5, 5.41) is 7.24. The number of carbonyl (C=O) groups excluding carboxylic acids is 1. The largest absolute Gasteiger partial charge is 0.493 e. The Labute approximate surface area is 151 Å². The van der Waals surface area contributed by atoms with Gasteiger partial charge in [-0.15, -0.1) is 0 Å². The van der Waals surface area contributed by atoms with Crippen LogP contribution in [0, 0.1) is 19.8 Å². The number of ether oxygens (including phenoxy) is 2. The van der Waals surface area contributed by atoms with Gasteiger partial charge in [-0.25, -0.2) is 0 Å². The summed E-state index contributed by atoms with van der Waals surface area (Å²) in [6.45, 7) is 4.11. The van der Waals surface area contributed by atoms with Crippen molar-refractivity contribution in [2.75, 3.05) is 13.7 Å². The van der Waals surface area contributed by atoms with Crippen LogP contribution < -0.4 is 14.8 Å². The molecule has 0 bridgehead atoms. The number of nitrogens with zero attached hydrogens (tertiary/aromatic N) is 2. The highest BCUT2D eigenvalue weighted by atomic mass is 19.3. The zero-order chi connectivity index (χ0) is 19.3. The van der Waals surface area contributed by atoms with Crippen LogP contribution in [0.2, 0.25) is 0 Å². The molecule has 2 rings (SSSR count). The van der Waals surface area contributed by atoms with Crippen LogP contribution >= 0.6 is 0 Å². The number of hydrogen-bond acceptors (Lipinski definition) is 4. The lowest BCUT2D eigenvalue weighted by molar-refractivity contribution is -0.0512. The third-order valence-electron chi connectivity index (χ3n) is 3.84. The number of aromatic nitrogens is 2. The first kappa shape index (κ1) is 19.7. The molecule has 6 nitrogen and oxygen atoms in total. The Morgan fingerprint density at radius 2 is 2.00 bits per heavy atom. The van der Waals surface area contributed by atoms with Gasteiger partial charge in [-0.05, 0) is 44.0 Å². The number of carbonyl (C=O) groups is 1. The fourth-order valence-corrected chi connectivity index (χ4v) is 2.59. The number of aryl methyl sites for hydroxylation is 2. The molecule has 1 heterocycles. The summed E-state index contributed by atoms with van der Waals surface area (Å²) in [6, 6.07) is 6.08. The minimum atomic E-state index is -2.96. The van der Waals surface area contributed by atoms with Gasteiger partial charge in [0.05, 0.1) is 12.8 Å². The van der Waals surface area contributed by atoms with E-state index in [0.29, 0.717) is 18.7 Å². The molecule has 0 saturated carbocycles. The van der Waals surface area contributed by atoms with E-state index in [1.807, 2.05) is 31.5 Å². The quantitative estimate of drug-likeness (QED) is 0.778. The molecule has 0 saturated heterocycles. The van der Waals surface area contributed by atoms with E-state index < -0.39 is 6.61 Å². The van der Waals surface area contributed by atoms with Crippen LogP contribution in [0.5, 0.6) is 11.5 Å². The predicted octanol–water partition coefficient (Wildman–Crippen LogP) is 3.18. The third kappa shape index (κ3) is 5.18. The van der Waals surface area contributed by atoms with Gasteiger partial charge in [-0.2, -0.15) is 13.9 Å².